The maximum atomic E-state index is 5.45. The lowest BCUT2D eigenvalue weighted by molar-refractivity contribution is 1.26. The fourth-order valence-corrected chi connectivity index (χ4v) is 1.35. The van der Waals surface area contributed by atoms with Gasteiger partial charge in [-0.2, -0.15) is 0 Å². The molecular weight excluding hydrogens is 160 g/mol. The fourth-order valence-electron chi connectivity index (χ4n) is 0.802. The second-order valence-corrected chi connectivity index (χ2v) is 2.90. The molecule has 4 nitrogen and oxygen atoms in total. The standard InChI is InChI=1S/C6H6N4S/c7-6-10-4(3-11-6)5-8-1-2-9-5/h1-3H,(H2,7,10)(H,8,9). The molecule has 0 aliphatic carbocycles. The van der Waals surface area contributed by atoms with E-state index in [4.69, 9.17) is 5.73 Å². The highest BCUT2D eigenvalue weighted by molar-refractivity contribution is 7.13. The van der Waals surface area contributed by atoms with Crippen LogP contribution >= 0.6 is 11.3 Å². The number of anilines is 1. The number of hydrogen-bond donors (Lipinski definition) is 2. The summed E-state index contributed by atoms with van der Waals surface area (Å²) < 4.78 is 0. The third-order valence-electron chi connectivity index (χ3n) is 1.26. The molecule has 0 saturated heterocycles. The first kappa shape index (κ1) is 6.36. The second kappa shape index (κ2) is 2.35. The molecule has 0 saturated carbocycles. The molecule has 0 amide bonds. The van der Waals surface area contributed by atoms with Gasteiger partial charge in [0.2, 0.25) is 0 Å². The highest BCUT2D eigenvalue weighted by Crippen LogP contribution is 2.18. The van der Waals surface area contributed by atoms with E-state index < -0.39 is 0 Å². The van der Waals surface area contributed by atoms with E-state index in [2.05, 4.69) is 15.0 Å². The van der Waals surface area contributed by atoms with Crippen LogP contribution in [0.1, 0.15) is 0 Å². The summed E-state index contributed by atoms with van der Waals surface area (Å²) in [5.74, 6) is 0.762. The van der Waals surface area contributed by atoms with Gasteiger partial charge in [-0.15, -0.1) is 11.3 Å². The van der Waals surface area contributed by atoms with Crippen molar-refractivity contribution >= 4 is 16.5 Å². The third-order valence-corrected chi connectivity index (χ3v) is 1.94. The third kappa shape index (κ3) is 1.10. The Kier molecular flexibility index (Phi) is 1.36. The largest absolute Gasteiger partial charge is 0.375 e. The molecule has 0 aromatic carbocycles. The zero-order valence-electron chi connectivity index (χ0n) is 5.61. The van der Waals surface area contributed by atoms with Crippen LogP contribution in [0, 0.1) is 0 Å². The van der Waals surface area contributed by atoms with E-state index in [0.717, 1.165) is 11.5 Å². The number of nitrogens with two attached hydrogens (primary N) is 1. The Labute approximate surface area is 67.1 Å². The minimum absolute atomic E-state index is 0.566. The van der Waals surface area contributed by atoms with Gasteiger partial charge in [-0.1, -0.05) is 0 Å². The lowest BCUT2D eigenvalue weighted by Crippen LogP contribution is -1.83. The highest BCUT2D eigenvalue weighted by Gasteiger charge is 2.02. The van der Waals surface area contributed by atoms with Gasteiger partial charge in [0.15, 0.2) is 11.0 Å². The van der Waals surface area contributed by atoms with E-state index in [1.165, 1.54) is 11.3 Å². The van der Waals surface area contributed by atoms with Crippen LogP contribution < -0.4 is 5.73 Å². The number of imidazole rings is 1. The Morgan fingerprint density at radius 2 is 2.45 bits per heavy atom. The zero-order valence-corrected chi connectivity index (χ0v) is 6.43. The number of H-pyrrole nitrogens is 1. The van der Waals surface area contributed by atoms with E-state index in [-0.39, 0.29) is 0 Å². The van der Waals surface area contributed by atoms with Crippen molar-refractivity contribution in [1.82, 2.24) is 15.0 Å². The van der Waals surface area contributed by atoms with Crippen LogP contribution in [0.2, 0.25) is 0 Å². The summed E-state index contributed by atoms with van der Waals surface area (Å²) in [7, 11) is 0. The number of nitrogens with zero attached hydrogens (tertiary/aromatic N) is 2. The first-order valence-electron chi connectivity index (χ1n) is 3.07. The Balaban J connectivity index is 2.45. The topological polar surface area (TPSA) is 67.6 Å². The van der Waals surface area contributed by atoms with Crippen molar-refractivity contribution in [2.24, 2.45) is 0 Å². The average Bonchev–Trinajstić information content (AvgIpc) is 2.55. The molecule has 0 aliphatic rings. The minimum atomic E-state index is 0.566. The molecule has 56 valence electrons. The lowest BCUT2D eigenvalue weighted by atomic mass is 10.5. The molecule has 3 N–H and O–H groups in total. The normalized spacial score (nSPS) is 10.2. The number of aromatic amines is 1. The fraction of sp³-hybridized carbons (Fsp3) is 0. The van der Waals surface area contributed by atoms with Gasteiger partial charge in [-0.05, 0) is 0 Å². The Morgan fingerprint density at radius 1 is 1.55 bits per heavy atom. The molecule has 5 heteroatoms. The molecule has 0 aliphatic heterocycles. The number of nitrogens with one attached hydrogen (secondary N) is 1. The van der Waals surface area contributed by atoms with E-state index >= 15 is 0 Å². The van der Waals surface area contributed by atoms with Gasteiger partial charge >= 0.3 is 0 Å². The number of aromatic nitrogens is 3. The number of hydrogen-bond acceptors (Lipinski definition) is 4. The van der Waals surface area contributed by atoms with Crippen LogP contribution in [-0.2, 0) is 0 Å². The van der Waals surface area contributed by atoms with Gasteiger partial charge in [0.25, 0.3) is 0 Å². The molecule has 0 unspecified atom stereocenters. The van der Waals surface area contributed by atoms with Crippen LogP contribution in [0.25, 0.3) is 11.5 Å². The molecule has 11 heavy (non-hydrogen) atoms. The molecule has 0 spiro atoms. The summed E-state index contributed by atoms with van der Waals surface area (Å²) in [5, 5.41) is 2.44. The quantitative estimate of drug-likeness (QED) is 0.667. The molecule has 2 aromatic heterocycles. The van der Waals surface area contributed by atoms with Crippen molar-refractivity contribution in [2.45, 2.75) is 0 Å². The van der Waals surface area contributed by atoms with Crippen LogP contribution in [0.5, 0.6) is 0 Å². The molecule has 2 rings (SSSR count). The van der Waals surface area contributed by atoms with Gasteiger partial charge in [0.1, 0.15) is 5.69 Å². The lowest BCUT2D eigenvalue weighted by Gasteiger charge is -1.84. The van der Waals surface area contributed by atoms with E-state index in [1.807, 2.05) is 5.38 Å². The summed E-state index contributed by atoms with van der Waals surface area (Å²) >= 11 is 1.41. The van der Waals surface area contributed by atoms with Crippen molar-refractivity contribution in [3.05, 3.63) is 17.8 Å². The van der Waals surface area contributed by atoms with Crippen LogP contribution in [0.15, 0.2) is 17.8 Å². The first-order chi connectivity index (χ1) is 5.36. The van der Waals surface area contributed by atoms with Crippen molar-refractivity contribution in [3.8, 4) is 11.5 Å². The average molecular weight is 166 g/mol. The van der Waals surface area contributed by atoms with Gasteiger partial charge < -0.3 is 10.7 Å². The number of thiazole rings is 1. The first-order valence-corrected chi connectivity index (χ1v) is 3.95. The zero-order chi connectivity index (χ0) is 7.68. The molecule has 0 fully saturated rings. The summed E-state index contributed by atoms with van der Waals surface area (Å²) in [6, 6.07) is 0. The molecular formula is C6H6N4S. The van der Waals surface area contributed by atoms with Gasteiger partial charge in [0.05, 0.1) is 0 Å². The summed E-state index contributed by atoms with van der Waals surface area (Å²) in [5.41, 5.74) is 6.25. The summed E-state index contributed by atoms with van der Waals surface area (Å²) in [4.78, 5) is 11.0. The predicted molar refractivity (Wildman–Crippen MR) is 44.1 cm³/mol. The molecule has 0 atom stereocenters. The minimum Gasteiger partial charge on any atom is -0.375 e. The van der Waals surface area contributed by atoms with Gasteiger partial charge in [0, 0.05) is 17.8 Å². The smallest absolute Gasteiger partial charge is 0.180 e. The molecule has 0 radical (unpaired) electrons. The summed E-state index contributed by atoms with van der Waals surface area (Å²) in [6.07, 6.45) is 3.44. The maximum Gasteiger partial charge on any atom is 0.180 e. The second-order valence-electron chi connectivity index (χ2n) is 2.01. The van der Waals surface area contributed by atoms with E-state index in [1.54, 1.807) is 12.4 Å². The van der Waals surface area contributed by atoms with Gasteiger partial charge in [-0.3, -0.25) is 0 Å². The predicted octanol–water partition coefficient (Wildman–Crippen LogP) is 1.12. The van der Waals surface area contributed by atoms with Gasteiger partial charge in [-0.25, -0.2) is 9.97 Å². The molecule has 2 heterocycles. The Hall–Kier alpha value is -1.36. The van der Waals surface area contributed by atoms with Crippen molar-refractivity contribution in [2.75, 3.05) is 5.73 Å². The summed E-state index contributed by atoms with van der Waals surface area (Å²) in [6.45, 7) is 0. The van der Waals surface area contributed by atoms with E-state index in [9.17, 15) is 0 Å². The van der Waals surface area contributed by atoms with Crippen LogP contribution in [0.4, 0.5) is 5.13 Å². The van der Waals surface area contributed by atoms with Crippen LogP contribution in [-0.4, -0.2) is 15.0 Å². The molecule has 0 bridgehead atoms. The maximum absolute atomic E-state index is 5.45. The molecule has 2 aromatic rings. The Bertz CT molecular complexity index is 337. The van der Waals surface area contributed by atoms with Crippen molar-refractivity contribution in [1.29, 1.82) is 0 Å². The van der Waals surface area contributed by atoms with E-state index in [0.29, 0.717) is 5.13 Å². The number of rotatable bonds is 1. The highest BCUT2D eigenvalue weighted by atomic mass is 32.1. The SMILES string of the molecule is Nc1nc(-c2ncc[nH]2)cs1. The van der Waals surface area contributed by atoms with Crippen LogP contribution in [0.3, 0.4) is 0 Å². The Morgan fingerprint density at radius 3 is 3.00 bits per heavy atom. The van der Waals surface area contributed by atoms with Crippen molar-refractivity contribution < 1.29 is 0 Å². The number of nitrogen functional groups attached to an aromatic ring is 1. The van der Waals surface area contributed by atoms with Crippen molar-refractivity contribution in [3.63, 3.8) is 0 Å². The monoisotopic (exact) mass is 166 g/mol.